The predicted octanol–water partition coefficient (Wildman–Crippen LogP) is 2.72. The Morgan fingerprint density at radius 2 is 1.96 bits per heavy atom. The van der Waals surface area contributed by atoms with Crippen molar-refractivity contribution in [3.8, 4) is 0 Å². The van der Waals surface area contributed by atoms with Gasteiger partial charge in [-0.3, -0.25) is 9.59 Å². The molecule has 1 aliphatic rings. The van der Waals surface area contributed by atoms with Crippen LogP contribution in [0.25, 0.3) is 0 Å². The number of anilines is 1. The Hall–Kier alpha value is -1.95. The monoisotopic (exact) mass is 322 g/mol. The van der Waals surface area contributed by atoms with Crippen LogP contribution >= 0.6 is 0 Å². The highest BCUT2D eigenvalue weighted by molar-refractivity contribution is 5.97. The van der Waals surface area contributed by atoms with Crippen LogP contribution in [0.4, 0.5) is 10.1 Å². The second kappa shape index (κ2) is 5.92. The van der Waals surface area contributed by atoms with Crippen LogP contribution in [0.3, 0.4) is 0 Å². The molecule has 2 N–H and O–H groups in total. The minimum absolute atomic E-state index is 0.0851. The van der Waals surface area contributed by atoms with E-state index in [1.54, 1.807) is 7.11 Å². The molecule has 0 bridgehead atoms. The number of carbonyl (C=O) groups is 2. The maximum atomic E-state index is 13.9. The first-order valence-electron chi connectivity index (χ1n) is 7.54. The smallest absolute Gasteiger partial charge is 0.254 e. The van der Waals surface area contributed by atoms with E-state index in [2.05, 4.69) is 10.6 Å². The van der Waals surface area contributed by atoms with Crippen LogP contribution in [-0.2, 0) is 9.53 Å². The highest BCUT2D eigenvalue weighted by Crippen LogP contribution is 2.51. The van der Waals surface area contributed by atoms with Crippen LogP contribution in [-0.4, -0.2) is 30.6 Å². The largest absolute Gasteiger partial charge is 0.378 e. The molecule has 0 radical (unpaired) electrons. The van der Waals surface area contributed by atoms with Crippen LogP contribution in [0.5, 0.6) is 0 Å². The van der Waals surface area contributed by atoms with Gasteiger partial charge in [0.05, 0.1) is 11.2 Å². The first-order chi connectivity index (χ1) is 10.6. The highest BCUT2D eigenvalue weighted by Gasteiger charge is 2.58. The number of methoxy groups -OCH3 is 1. The van der Waals surface area contributed by atoms with Gasteiger partial charge < -0.3 is 15.4 Å². The van der Waals surface area contributed by atoms with Crippen molar-refractivity contribution in [2.24, 2.45) is 5.41 Å². The average molecular weight is 322 g/mol. The molecule has 0 spiro atoms. The van der Waals surface area contributed by atoms with E-state index in [0.717, 1.165) is 0 Å². The normalized spacial score (nSPS) is 25.4. The van der Waals surface area contributed by atoms with E-state index in [-0.39, 0.29) is 28.5 Å². The van der Waals surface area contributed by atoms with Gasteiger partial charge in [-0.15, -0.1) is 0 Å². The van der Waals surface area contributed by atoms with Gasteiger partial charge in [-0.05, 0) is 31.5 Å². The molecule has 1 saturated carbocycles. The topological polar surface area (TPSA) is 67.4 Å². The van der Waals surface area contributed by atoms with Crippen LogP contribution in [0.2, 0.25) is 0 Å². The molecule has 0 saturated heterocycles. The summed E-state index contributed by atoms with van der Waals surface area (Å²) < 4.78 is 19.5. The minimum Gasteiger partial charge on any atom is -0.378 e. The number of amides is 2. The van der Waals surface area contributed by atoms with Crippen molar-refractivity contribution in [1.82, 2.24) is 5.32 Å². The predicted molar refractivity (Wildman–Crippen MR) is 85.8 cm³/mol. The molecule has 1 aromatic rings. The summed E-state index contributed by atoms with van der Waals surface area (Å²) in [5.41, 5.74) is -0.276. The summed E-state index contributed by atoms with van der Waals surface area (Å²) in [4.78, 5) is 23.5. The number of hydrogen-bond acceptors (Lipinski definition) is 3. The SMILES string of the molecule is CO[C@@]1(C)C[C@H](NC(=O)c2cc(NC(C)=O)ccc2F)C1(C)C. The van der Waals surface area contributed by atoms with Crippen molar-refractivity contribution < 1.29 is 18.7 Å². The van der Waals surface area contributed by atoms with Crippen LogP contribution < -0.4 is 10.6 Å². The molecule has 126 valence electrons. The lowest BCUT2D eigenvalue weighted by Crippen LogP contribution is -2.68. The molecule has 6 heteroatoms. The Bertz CT molecular complexity index is 645. The van der Waals surface area contributed by atoms with Gasteiger partial charge in [0.1, 0.15) is 5.82 Å². The number of nitrogens with one attached hydrogen (secondary N) is 2. The molecule has 2 rings (SSSR count). The summed E-state index contributed by atoms with van der Waals surface area (Å²) in [7, 11) is 1.65. The standard InChI is InChI=1S/C17H23FN2O3/c1-10(21)19-11-6-7-13(18)12(8-11)15(22)20-14-9-17(4,23-5)16(14,2)3/h6-8,14H,9H2,1-5H3,(H,19,21)(H,20,22)/t14-,17-/m0/s1. The molecule has 0 aromatic heterocycles. The molecule has 2 amide bonds. The van der Waals surface area contributed by atoms with E-state index < -0.39 is 11.7 Å². The zero-order valence-corrected chi connectivity index (χ0v) is 14.1. The van der Waals surface area contributed by atoms with Crippen molar-refractivity contribution in [1.29, 1.82) is 0 Å². The molecule has 0 aliphatic heterocycles. The number of carbonyl (C=O) groups excluding carboxylic acids is 2. The fourth-order valence-electron chi connectivity index (χ4n) is 2.94. The van der Waals surface area contributed by atoms with Gasteiger partial charge in [-0.2, -0.15) is 0 Å². The molecule has 2 atom stereocenters. The Balaban J connectivity index is 2.14. The van der Waals surface area contributed by atoms with Gasteiger partial charge in [0.15, 0.2) is 0 Å². The fraction of sp³-hybridized carbons (Fsp3) is 0.529. The molecule has 1 aliphatic carbocycles. The van der Waals surface area contributed by atoms with Crippen molar-refractivity contribution in [2.75, 3.05) is 12.4 Å². The zero-order chi connectivity index (χ0) is 17.4. The van der Waals surface area contributed by atoms with E-state index in [1.807, 2.05) is 20.8 Å². The van der Waals surface area contributed by atoms with Crippen LogP contribution in [0, 0.1) is 11.2 Å². The van der Waals surface area contributed by atoms with Gasteiger partial charge in [-0.25, -0.2) is 4.39 Å². The van der Waals surface area contributed by atoms with E-state index >= 15 is 0 Å². The van der Waals surface area contributed by atoms with Crippen molar-refractivity contribution >= 4 is 17.5 Å². The fourth-order valence-corrected chi connectivity index (χ4v) is 2.94. The summed E-state index contributed by atoms with van der Waals surface area (Å²) in [6.07, 6.45) is 0.662. The van der Waals surface area contributed by atoms with Gasteiger partial charge in [0.25, 0.3) is 5.91 Å². The van der Waals surface area contributed by atoms with E-state index in [9.17, 15) is 14.0 Å². The average Bonchev–Trinajstić information content (AvgIpc) is 2.47. The van der Waals surface area contributed by atoms with Crippen molar-refractivity contribution in [3.05, 3.63) is 29.6 Å². The van der Waals surface area contributed by atoms with Gasteiger partial charge >= 0.3 is 0 Å². The summed E-state index contributed by atoms with van der Waals surface area (Å²) in [6.45, 7) is 7.36. The van der Waals surface area contributed by atoms with E-state index in [0.29, 0.717) is 12.1 Å². The lowest BCUT2D eigenvalue weighted by Gasteiger charge is -2.59. The number of ether oxygens (including phenoxy) is 1. The highest BCUT2D eigenvalue weighted by atomic mass is 19.1. The molecule has 23 heavy (non-hydrogen) atoms. The number of benzene rings is 1. The zero-order valence-electron chi connectivity index (χ0n) is 14.1. The first-order valence-corrected chi connectivity index (χ1v) is 7.54. The number of halogens is 1. The Morgan fingerprint density at radius 1 is 1.30 bits per heavy atom. The summed E-state index contributed by atoms with van der Waals surface area (Å²) >= 11 is 0. The maximum absolute atomic E-state index is 13.9. The van der Waals surface area contributed by atoms with Crippen molar-refractivity contribution in [2.45, 2.75) is 45.8 Å². The van der Waals surface area contributed by atoms with Crippen LogP contribution in [0.15, 0.2) is 18.2 Å². The van der Waals surface area contributed by atoms with Gasteiger partial charge in [0.2, 0.25) is 5.91 Å². The first kappa shape index (κ1) is 17.4. The third kappa shape index (κ3) is 3.08. The second-order valence-corrected chi connectivity index (χ2v) is 6.76. The van der Waals surface area contributed by atoms with Gasteiger partial charge in [0, 0.05) is 31.2 Å². The third-order valence-corrected chi connectivity index (χ3v) is 5.12. The lowest BCUT2D eigenvalue weighted by atomic mass is 9.56. The van der Waals surface area contributed by atoms with Crippen molar-refractivity contribution in [3.63, 3.8) is 0 Å². The molecular formula is C17H23FN2O3. The van der Waals surface area contributed by atoms with E-state index in [1.165, 1.54) is 25.1 Å². The Morgan fingerprint density at radius 3 is 2.48 bits per heavy atom. The molecule has 0 unspecified atom stereocenters. The van der Waals surface area contributed by atoms with Crippen LogP contribution in [0.1, 0.15) is 44.5 Å². The minimum atomic E-state index is -0.622. The van der Waals surface area contributed by atoms with Gasteiger partial charge in [-0.1, -0.05) is 13.8 Å². The molecule has 1 fully saturated rings. The number of hydrogen-bond donors (Lipinski definition) is 2. The Kier molecular flexibility index (Phi) is 4.48. The third-order valence-electron chi connectivity index (χ3n) is 5.12. The quantitative estimate of drug-likeness (QED) is 0.895. The molecule has 5 nitrogen and oxygen atoms in total. The lowest BCUT2D eigenvalue weighted by molar-refractivity contribution is -0.177. The molecular weight excluding hydrogens is 299 g/mol. The molecule has 0 heterocycles. The maximum Gasteiger partial charge on any atom is 0.254 e. The number of rotatable bonds is 4. The molecule has 1 aromatic carbocycles. The summed E-state index contributed by atoms with van der Waals surface area (Å²) in [5, 5.41) is 5.40. The van der Waals surface area contributed by atoms with E-state index in [4.69, 9.17) is 4.74 Å². The summed E-state index contributed by atoms with van der Waals surface area (Å²) in [5.74, 6) is -1.40. The second-order valence-electron chi connectivity index (χ2n) is 6.76. The summed E-state index contributed by atoms with van der Waals surface area (Å²) in [6, 6.07) is 3.82. The Labute approximate surface area is 135 Å².